The van der Waals surface area contributed by atoms with Crippen LogP contribution in [0.3, 0.4) is 0 Å². The van der Waals surface area contributed by atoms with Crippen LogP contribution in [-0.2, 0) is 11.3 Å². The van der Waals surface area contributed by atoms with E-state index in [1.165, 1.54) is 5.56 Å². The molecular formula is C15H25Cl2N3O. The Kier molecular flexibility index (Phi) is 8.26. The normalized spacial score (nSPS) is 15.9. The quantitative estimate of drug-likeness (QED) is 0.919. The van der Waals surface area contributed by atoms with Crippen molar-refractivity contribution in [1.82, 2.24) is 9.80 Å². The predicted octanol–water partition coefficient (Wildman–Crippen LogP) is 1.91. The summed E-state index contributed by atoms with van der Waals surface area (Å²) in [6.07, 6.45) is 0. The highest BCUT2D eigenvalue weighted by atomic mass is 35.5. The summed E-state index contributed by atoms with van der Waals surface area (Å²) in [5.41, 5.74) is 6.42. The molecule has 2 rings (SSSR count). The van der Waals surface area contributed by atoms with Crippen LogP contribution < -0.4 is 5.73 Å². The molecule has 0 saturated carbocycles. The van der Waals surface area contributed by atoms with Gasteiger partial charge in [0.05, 0.1) is 5.54 Å². The Labute approximate surface area is 139 Å². The van der Waals surface area contributed by atoms with Crippen LogP contribution in [0.5, 0.6) is 0 Å². The first-order valence-electron chi connectivity index (χ1n) is 6.81. The van der Waals surface area contributed by atoms with Crippen molar-refractivity contribution in [3.63, 3.8) is 0 Å². The summed E-state index contributed by atoms with van der Waals surface area (Å²) in [5.74, 6) is 0.0480. The minimum absolute atomic E-state index is 0. The smallest absolute Gasteiger partial charge is 0.242 e. The highest BCUT2D eigenvalue weighted by Crippen LogP contribution is 2.11. The van der Waals surface area contributed by atoms with Crippen LogP contribution in [0.15, 0.2) is 30.3 Å². The van der Waals surface area contributed by atoms with E-state index in [0.717, 1.165) is 32.7 Å². The van der Waals surface area contributed by atoms with Crippen molar-refractivity contribution in [2.45, 2.75) is 25.9 Å². The molecule has 0 atom stereocenters. The molecule has 1 heterocycles. The predicted molar refractivity (Wildman–Crippen MR) is 91.1 cm³/mol. The first kappa shape index (κ1) is 20.2. The monoisotopic (exact) mass is 333 g/mol. The third-order valence-corrected chi connectivity index (χ3v) is 3.46. The standard InChI is InChI=1S/C15H23N3O.2ClH/c1-15(2,16)14(19)18-10-8-17(9-11-18)12-13-6-4-3-5-7-13;;/h3-7H,8-12,16H2,1-2H3;2*1H. The van der Waals surface area contributed by atoms with Crippen molar-refractivity contribution in [3.8, 4) is 0 Å². The summed E-state index contributed by atoms with van der Waals surface area (Å²) in [5, 5.41) is 0. The van der Waals surface area contributed by atoms with E-state index in [0.29, 0.717) is 0 Å². The lowest BCUT2D eigenvalue weighted by molar-refractivity contribution is -0.137. The number of halogens is 2. The van der Waals surface area contributed by atoms with Gasteiger partial charge in [0.1, 0.15) is 0 Å². The fourth-order valence-electron chi connectivity index (χ4n) is 2.36. The minimum atomic E-state index is -0.762. The molecule has 4 nitrogen and oxygen atoms in total. The first-order valence-corrected chi connectivity index (χ1v) is 6.81. The van der Waals surface area contributed by atoms with Crippen molar-refractivity contribution >= 4 is 30.7 Å². The topological polar surface area (TPSA) is 49.6 Å². The van der Waals surface area contributed by atoms with Gasteiger partial charge in [-0.15, -0.1) is 24.8 Å². The molecule has 0 radical (unpaired) electrons. The van der Waals surface area contributed by atoms with E-state index in [1.807, 2.05) is 11.0 Å². The van der Waals surface area contributed by atoms with Crippen LogP contribution in [0.2, 0.25) is 0 Å². The summed E-state index contributed by atoms with van der Waals surface area (Å²) < 4.78 is 0. The summed E-state index contributed by atoms with van der Waals surface area (Å²) in [6, 6.07) is 10.4. The van der Waals surface area contributed by atoms with Gasteiger partial charge in [0.25, 0.3) is 0 Å². The molecule has 120 valence electrons. The first-order chi connectivity index (χ1) is 8.97. The Bertz CT molecular complexity index is 426. The van der Waals surface area contributed by atoms with Gasteiger partial charge >= 0.3 is 0 Å². The molecule has 1 fully saturated rings. The second kappa shape index (κ2) is 8.59. The molecule has 1 amide bonds. The van der Waals surface area contributed by atoms with Gasteiger partial charge in [0.2, 0.25) is 5.91 Å². The number of rotatable bonds is 3. The second-order valence-corrected chi connectivity index (χ2v) is 5.78. The van der Waals surface area contributed by atoms with Crippen molar-refractivity contribution in [1.29, 1.82) is 0 Å². The molecule has 0 bridgehead atoms. The Balaban J connectivity index is 0.00000200. The average molecular weight is 334 g/mol. The molecule has 1 aromatic rings. The minimum Gasteiger partial charge on any atom is -0.339 e. The maximum Gasteiger partial charge on any atom is 0.242 e. The lowest BCUT2D eigenvalue weighted by Gasteiger charge is -2.37. The van der Waals surface area contributed by atoms with Gasteiger partial charge in [-0.25, -0.2) is 0 Å². The van der Waals surface area contributed by atoms with Crippen molar-refractivity contribution in [2.24, 2.45) is 5.73 Å². The number of hydrogen-bond donors (Lipinski definition) is 1. The van der Waals surface area contributed by atoms with Crippen LogP contribution >= 0.6 is 24.8 Å². The van der Waals surface area contributed by atoms with Crippen molar-refractivity contribution in [3.05, 3.63) is 35.9 Å². The van der Waals surface area contributed by atoms with Crippen LogP contribution in [-0.4, -0.2) is 47.4 Å². The Morgan fingerprint density at radius 2 is 1.62 bits per heavy atom. The van der Waals surface area contributed by atoms with E-state index in [2.05, 4.69) is 29.2 Å². The van der Waals surface area contributed by atoms with E-state index in [9.17, 15) is 4.79 Å². The number of piperazine rings is 1. The molecule has 1 aliphatic heterocycles. The van der Waals surface area contributed by atoms with Crippen molar-refractivity contribution in [2.75, 3.05) is 26.2 Å². The summed E-state index contributed by atoms with van der Waals surface area (Å²) in [4.78, 5) is 16.3. The van der Waals surface area contributed by atoms with E-state index in [4.69, 9.17) is 5.73 Å². The molecule has 0 aliphatic carbocycles. The number of hydrogen-bond acceptors (Lipinski definition) is 3. The molecule has 21 heavy (non-hydrogen) atoms. The van der Waals surface area contributed by atoms with Crippen molar-refractivity contribution < 1.29 is 4.79 Å². The van der Waals surface area contributed by atoms with Gasteiger partial charge in [0, 0.05) is 32.7 Å². The molecule has 0 aromatic heterocycles. The summed E-state index contributed by atoms with van der Waals surface area (Å²) >= 11 is 0. The molecular weight excluding hydrogens is 309 g/mol. The highest BCUT2D eigenvalue weighted by Gasteiger charge is 2.29. The number of nitrogens with two attached hydrogens (primary N) is 1. The fraction of sp³-hybridized carbons (Fsp3) is 0.533. The van der Waals surface area contributed by atoms with Gasteiger partial charge in [-0.1, -0.05) is 30.3 Å². The molecule has 2 N–H and O–H groups in total. The number of carbonyl (C=O) groups excluding carboxylic acids is 1. The van der Waals surface area contributed by atoms with Crippen LogP contribution in [0.1, 0.15) is 19.4 Å². The van der Waals surface area contributed by atoms with E-state index < -0.39 is 5.54 Å². The van der Waals surface area contributed by atoms with Gasteiger partial charge in [-0.2, -0.15) is 0 Å². The second-order valence-electron chi connectivity index (χ2n) is 5.78. The van der Waals surface area contributed by atoms with Crippen LogP contribution in [0.4, 0.5) is 0 Å². The maximum atomic E-state index is 12.1. The zero-order valence-electron chi connectivity index (χ0n) is 12.6. The van der Waals surface area contributed by atoms with Crippen LogP contribution in [0.25, 0.3) is 0 Å². The SMILES string of the molecule is CC(C)(N)C(=O)N1CCN(Cc2ccccc2)CC1.Cl.Cl. The molecule has 0 unspecified atom stereocenters. The molecule has 1 aromatic carbocycles. The van der Waals surface area contributed by atoms with Gasteiger partial charge < -0.3 is 10.6 Å². The zero-order valence-corrected chi connectivity index (χ0v) is 14.3. The number of nitrogens with zero attached hydrogens (tertiary/aromatic N) is 2. The zero-order chi connectivity index (χ0) is 13.9. The van der Waals surface area contributed by atoms with E-state index in [-0.39, 0.29) is 30.7 Å². The third-order valence-electron chi connectivity index (χ3n) is 3.46. The Hall–Kier alpha value is -0.810. The fourth-order valence-corrected chi connectivity index (χ4v) is 2.36. The molecule has 1 saturated heterocycles. The Morgan fingerprint density at radius 3 is 2.10 bits per heavy atom. The van der Waals surface area contributed by atoms with Crippen LogP contribution in [0, 0.1) is 0 Å². The highest BCUT2D eigenvalue weighted by molar-refractivity contribution is 5.86. The molecule has 1 aliphatic rings. The van der Waals surface area contributed by atoms with Gasteiger partial charge in [-0.3, -0.25) is 9.69 Å². The molecule has 6 heteroatoms. The average Bonchev–Trinajstić information content (AvgIpc) is 2.39. The largest absolute Gasteiger partial charge is 0.339 e. The number of amides is 1. The lowest BCUT2D eigenvalue weighted by atomic mass is 10.0. The molecule has 0 spiro atoms. The lowest BCUT2D eigenvalue weighted by Crippen LogP contribution is -2.56. The van der Waals surface area contributed by atoms with Gasteiger partial charge in [-0.05, 0) is 19.4 Å². The number of carbonyl (C=O) groups is 1. The van der Waals surface area contributed by atoms with E-state index >= 15 is 0 Å². The van der Waals surface area contributed by atoms with Gasteiger partial charge in [0.15, 0.2) is 0 Å². The van der Waals surface area contributed by atoms with E-state index in [1.54, 1.807) is 13.8 Å². The maximum absolute atomic E-state index is 12.1. The summed E-state index contributed by atoms with van der Waals surface area (Å²) in [6.45, 7) is 7.86. The summed E-state index contributed by atoms with van der Waals surface area (Å²) in [7, 11) is 0. The third kappa shape index (κ3) is 5.83. The Morgan fingerprint density at radius 1 is 1.10 bits per heavy atom. The number of benzene rings is 1.